The van der Waals surface area contributed by atoms with Crippen molar-refractivity contribution in [2.24, 2.45) is 5.92 Å². The summed E-state index contributed by atoms with van der Waals surface area (Å²) in [5.74, 6) is 0.00213. The molecule has 0 aliphatic carbocycles. The molecule has 1 unspecified atom stereocenters. The fourth-order valence-corrected chi connectivity index (χ4v) is 2.61. The van der Waals surface area contributed by atoms with E-state index in [9.17, 15) is 9.50 Å². The van der Waals surface area contributed by atoms with E-state index in [1.165, 1.54) is 6.07 Å². The minimum atomic E-state index is -0.179. The van der Waals surface area contributed by atoms with E-state index in [2.05, 4.69) is 6.92 Å². The summed E-state index contributed by atoms with van der Waals surface area (Å²) in [7, 11) is 0. The zero-order valence-corrected chi connectivity index (χ0v) is 10.4. The molecule has 1 aliphatic rings. The average Bonchev–Trinajstić information content (AvgIpc) is 2.27. The zero-order valence-electron chi connectivity index (χ0n) is 10.4. The Balaban J connectivity index is 2.37. The van der Waals surface area contributed by atoms with Crippen LogP contribution in [0.4, 0.5) is 4.39 Å². The molecule has 1 fully saturated rings. The maximum atomic E-state index is 13.3. The lowest BCUT2D eigenvalue weighted by Gasteiger charge is -2.47. The van der Waals surface area contributed by atoms with Crippen LogP contribution in [0.25, 0.3) is 0 Å². The standard InChI is InChI=1S/C14H19FO2/c1-3-11(7-16)14(8-17-9-14)12-4-5-13(15)10(2)6-12/h4-6,11,16H,3,7-9H2,1-2H3. The number of aryl methyl sites for hydroxylation is 1. The van der Waals surface area contributed by atoms with Crippen LogP contribution in [0.3, 0.4) is 0 Å². The molecule has 1 heterocycles. The van der Waals surface area contributed by atoms with E-state index in [1.807, 2.05) is 12.1 Å². The van der Waals surface area contributed by atoms with E-state index in [-0.39, 0.29) is 23.8 Å². The third-order valence-electron chi connectivity index (χ3n) is 3.95. The Morgan fingerprint density at radius 2 is 2.18 bits per heavy atom. The second-order valence-electron chi connectivity index (χ2n) is 4.90. The van der Waals surface area contributed by atoms with Gasteiger partial charge in [0.1, 0.15) is 5.82 Å². The summed E-state index contributed by atoms with van der Waals surface area (Å²) in [5.41, 5.74) is 1.62. The minimum absolute atomic E-state index is 0.123. The summed E-state index contributed by atoms with van der Waals surface area (Å²) in [6, 6.07) is 5.22. The molecular weight excluding hydrogens is 219 g/mol. The van der Waals surface area contributed by atoms with Crippen LogP contribution in [-0.4, -0.2) is 24.9 Å². The fourth-order valence-electron chi connectivity index (χ4n) is 2.61. The SMILES string of the molecule is CCC(CO)C1(c2ccc(F)c(C)c2)COC1. The largest absolute Gasteiger partial charge is 0.396 e. The lowest BCUT2D eigenvalue weighted by atomic mass is 9.67. The van der Waals surface area contributed by atoms with Crippen LogP contribution < -0.4 is 0 Å². The van der Waals surface area contributed by atoms with Gasteiger partial charge in [-0.15, -0.1) is 0 Å². The molecular formula is C14H19FO2. The Labute approximate surface area is 101 Å². The molecule has 1 aliphatic heterocycles. The van der Waals surface area contributed by atoms with Crippen molar-refractivity contribution in [3.63, 3.8) is 0 Å². The summed E-state index contributed by atoms with van der Waals surface area (Å²) in [5, 5.41) is 9.48. The normalized spacial score (nSPS) is 19.8. The van der Waals surface area contributed by atoms with E-state index < -0.39 is 0 Å². The number of hydrogen-bond donors (Lipinski definition) is 1. The minimum Gasteiger partial charge on any atom is -0.396 e. The molecule has 2 nitrogen and oxygen atoms in total. The third kappa shape index (κ3) is 1.98. The molecule has 3 heteroatoms. The topological polar surface area (TPSA) is 29.5 Å². The first-order valence-corrected chi connectivity index (χ1v) is 6.09. The van der Waals surface area contributed by atoms with Crippen LogP contribution in [0.15, 0.2) is 18.2 Å². The molecule has 1 saturated heterocycles. The molecule has 1 N–H and O–H groups in total. The Hall–Kier alpha value is -0.930. The number of aliphatic hydroxyl groups is 1. The lowest BCUT2D eigenvalue weighted by molar-refractivity contribution is -0.101. The highest BCUT2D eigenvalue weighted by molar-refractivity contribution is 5.33. The molecule has 0 saturated carbocycles. The monoisotopic (exact) mass is 238 g/mol. The number of rotatable bonds is 4. The lowest BCUT2D eigenvalue weighted by Crippen LogP contribution is -2.53. The molecule has 1 aromatic rings. The van der Waals surface area contributed by atoms with Gasteiger partial charge < -0.3 is 9.84 Å². The van der Waals surface area contributed by atoms with Crippen molar-refractivity contribution >= 4 is 0 Å². The van der Waals surface area contributed by atoms with Gasteiger partial charge in [-0.2, -0.15) is 0 Å². The Morgan fingerprint density at radius 3 is 2.59 bits per heavy atom. The number of ether oxygens (including phenoxy) is 1. The highest BCUT2D eigenvalue weighted by atomic mass is 19.1. The molecule has 2 rings (SSSR count). The van der Waals surface area contributed by atoms with Gasteiger partial charge >= 0.3 is 0 Å². The second kappa shape index (κ2) is 4.75. The van der Waals surface area contributed by atoms with Gasteiger partial charge in [-0.1, -0.05) is 25.5 Å². The van der Waals surface area contributed by atoms with Crippen LogP contribution >= 0.6 is 0 Å². The summed E-state index contributed by atoms with van der Waals surface area (Å²) in [6.07, 6.45) is 0.899. The van der Waals surface area contributed by atoms with E-state index in [0.29, 0.717) is 18.8 Å². The van der Waals surface area contributed by atoms with Gasteiger partial charge in [0.25, 0.3) is 0 Å². The number of hydrogen-bond acceptors (Lipinski definition) is 2. The van der Waals surface area contributed by atoms with E-state index >= 15 is 0 Å². The number of halogens is 1. The summed E-state index contributed by atoms with van der Waals surface area (Å²) >= 11 is 0. The molecule has 94 valence electrons. The van der Waals surface area contributed by atoms with Gasteiger partial charge in [0, 0.05) is 12.0 Å². The Bertz CT molecular complexity index is 395. The molecule has 0 aromatic heterocycles. The predicted molar refractivity (Wildman–Crippen MR) is 64.5 cm³/mol. The van der Waals surface area contributed by atoms with Gasteiger partial charge in [0.2, 0.25) is 0 Å². The zero-order chi connectivity index (χ0) is 12.5. The van der Waals surface area contributed by atoms with Crippen molar-refractivity contribution in [1.82, 2.24) is 0 Å². The van der Waals surface area contributed by atoms with Crippen molar-refractivity contribution in [2.45, 2.75) is 25.7 Å². The van der Waals surface area contributed by atoms with E-state index in [0.717, 1.165) is 12.0 Å². The van der Waals surface area contributed by atoms with Crippen molar-refractivity contribution < 1.29 is 14.2 Å². The first-order chi connectivity index (χ1) is 8.14. The van der Waals surface area contributed by atoms with Crippen molar-refractivity contribution in [3.8, 4) is 0 Å². The second-order valence-corrected chi connectivity index (χ2v) is 4.90. The molecule has 0 bridgehead atoms. The van der Waals surface area contributed by atoms with Gasteiger partial charge in [-0.3, -0.25) is 0 Å². The van der Waals surface area contributed by atoms with Crippen molar-refractivity contribution in [3.05, 3.63) is 35.1 Å². The quantitative estimate of drug-likeness (QED) is 0.873. The number of benzene rings is 1. The van der Waals surface area contributed by atoms with Crippen LogP contribution in [-0.2, 0) is 10.2 Å². The summed E-state index contributed by atoms with van der Waals surface area (Å²) in [6.45, 7) is 5.23. The van der Waals surface area contributed by atoms with Crippen molar-refractivity contribution in [1.29, 1.82) is 0 Å². The molecule has 0 amide bonds. The molecule has 1 aromatic carbocycles. The number of aliphatic hydroxyl groups excluding tert-OH is 1. The molecule has 17 heavy (non-hydrogen) atoms. The fraction of sp³-hybridized carbons (Fsp3) is 0.571. The Morgan fingerprint density at radius 1 is 1.47 bits per heavy atom. The average molecular weight is 238 g/mol. The van der Waals surface area contributed by atoms with Gasteiger partial charge in [0.15, 0.2) is 0 Å². The van der Waals surface area contributed by atoms with Crippen LogP contribution in [0.1, 0.15) is 24.5 Å². The highest BCUT2D eigenvalue weighted by Gasteiger charge is 2.46. The van der Waals surface area contributed by atoms with Gasteiger partial charge in [-0.05, 0) is 30.0 Å². The first-order valence-electron chi connectivity index (χ1n) is 6.09. The smallest absolute Gasteiger partial charge is 0.126 e. The van der Waals surface area contributed by atoms with Crippen LogP contribution in [0, 0.1) is 18.7 Å². The molecule has 0 spiro atoms. The van der Waals surface area contributed by atoms with Gasteiger partial charge in [0.05, 0.1) is 13.2 Å². The van der Waals surface area contributed by atoms with Gasteiger partial charge in [-0.25, -0.2) is 4.39 Å². The van der Waals surface area contributed by atoms with E-state index in [1.54, 1.807) is 6.92 Å². The van der Waals surface area contributed by atoms with Crippen LogP contribution in [0.2, 0.25) is 0 Å². The first kappa shape index (κ1) is 12.5. The van der Waals surface area contributed by atoms with Crippen molar-refractivity contribution in [2.75, 3.05) is 19.8 Å². The maximum Gasteiger partial charge on any atom is 0.126 e. The third-order valence-corrected chi connectivity index (χ3v) is 3.95. The maximum absolute atomic E-state index is 13.3. The highest BCUT2D eigenvalue weighted by Crippen LogP contribution is 2.41. The Kier molecular flexibility index (Phi) is 3.50. The van der Waals surface area contributed by atoms with E-state index in [4.69, 9.17) is 4.74 Å². The summed E-state index contributed by atoms with van der Waals surface area (Å²) in [4.78, 5) is 0. The molecule has 0 radical (unpaired) electrons. The van der Waals surface area contributed by atoms with Crippen LogP contribution in [0.5, 0.6) is 0 Å². The summed E-state index contributed by atoms with van der Waals surface area (Å²) < 4.78 is 18.6. The predicted octanol–water partition coefficient (Wildman–Crippen LogP) is 2.42. The molecule has 1 atom stereocenters.